The van der Waals surface area contributed by atoms with Gasteiger partial charge in [0.1, 0.15) is 0 Å². The van der Waals surface area contributed by atoms with Crippen LogP contribution in [0.5, 0.6) is 0 Å². The first-order valence-corrected chi connectivity index (χ1v) is 9.13. The fourth-order valence-electron chi connectivity index (χ4n) is 1.96. The summed E-state index contributed by atoms with van der Waals surface area (Å²) in [5, 5.41) is 14.9. The highest BCUT2D eigenvalue weighted by atomic mass is 32.2. The molecule has 0 aliphatic rings. The molecule has 0 unspecified atom stereocenters. The molecule has 0 spiro atoms. The van der Waals surface area contributed by atoms with E-state index in [1.54, 1.807) is 41.9 Å². The van der Waals surface area contributed by atoms with Gasteiger partial charge in [-0.15, -0.1) is 5.10 Å². The van der Waals surface area contributed by atoms with E-state index >= 15 is 0 Å². The van der Waals surface area contributed by atoms with Crippen molar-refractivity contribution in [3.63, 3.8) is 0 Å². The fraction of sp³-hybridized carbons (Fsp3) is 0.353. The number of hydrogen-bond acceptors (Lipinski definition) is 7. The summed E-state index contributed by atoms with van der Waals surface area (Å²) >= 11 is 1.28. The lowest BCUT2D eigenvalue weighted by molar-refractivity contribution is -0.137. The zero-order valence-electron chi connectivity index (χ0n) is 14.9. The molecule has 0 bridgehead atoms. The number of rotatable bonds is 8. The van der Waals surface area contributed by atoms with Crippen LogP contribution in [0.25, 0.3) is 6.08 Å². The van der Waals surface area contributed by atoms with E-state index in [9.17, 15) is 9.59 Å². The van der Waals surface area contributed by atoms with Crippen LogP contribution < -0.4 is 5.32 Å². The van der Waals surface area contributed by atoms with Crippen LogP contribution in [0.1, 0.15) is 32.4 Å². The van der Waals surface area contributed by atoms with Crippen LogP contribution in [-0.4, -0.2) is 44.4 Å². The zero-order chi connectivity index (χ0) is 18.9. The van der Waals surface area contributed by atoms with Gasteiger partial charge in [-0.2, -0.15) is 0 Å². The maximum atomic E-state index is 12.1. The van der Waals surface area contributed by atoms with Crippen LogP contribution in [0.15, 0.2) is 35.5 Å². The van der Waals surface area contributed by atoms with Gasteiger partial charge < -0.3 is 10.1 Å². The van der Waals surface area contributed by atoms with Gasteiger partial charge in [-0.25, -0.2) is 9.48 Å². The molecular formula is C17H21N5O3S. The predicted octanol–water partition coefficient (Wildman–Crippen LogP) is 2.56. The monoisotopic (exact) mass is 375 g/mol. The van der Waals surface area contributed by atoms with Gasteiger partial charge in [-0.05, 0) is 55.0 Å². The molecule has 26 heavy (non-hydrogen) atoms. The van der Waals surface area contributed by atoms with Crippen molar-refractivity contribution in [1.29, 1.82) is 0 Å². The van der Waals surface area contributed by atoms with Crippen molar-refractivity contribution >= 4 is 35.4 Å². The maximum Gasteiger partial charge on any atom is 0.330 e. The largest absolute Gasteiger partial charge is 0.463 e. The molecule has 1 heterocycles. The average molecular weight is 375 g/mol. The first-order valence-electron chi connectivity index (χ1n) is 8.15. The number of hydrogen-bond donors (Lipinski definition) is 1. The topological polar surface area (TPSA) is 99.0 Å². The molecule has 1 N–H and O–H groups in total. The van der Waals surface area contributed by atoms with Crippen molar-refractivity contribution in [3.8, 4) is 0 Å². The first-order chi connectivity index (χ1) is 12.5. The number of anilines is 1. The Morgan fingerprint density at radius 3 is 2.69 bits per heavy atom. The lowest BCUT2D eigenvalue weighted by Crippen LogP contribution is -2.15. The minimum atomic E-state index is -0.384. The van der Waals surface area contributed by atoms with Crippen molar-refractivity contribution in [3.05, 3.63) is 35.9 Å². The second kappa shape index (κ2) is 9.71. The molecule has 2 aromatic rings. The Balaban J connectivity index is 1.85. The van der Waals surface area contributed by atoms with Crippen LogP contribution in [0.3, 0.4) is 0 Å². The number of carbonyl (C=O) groups excluding carboxylic acids is 2. The number of tetrazole rings is 1. The summed E-state index contributed by atoms with van der Waals surface area (Å²) in [7, 11) is 0. The van der Waals surface area contributed by atoms with Gasteiger partial charge >= 0.3 is 5.97 Å². The SMILES string of the molecule is CCOC(=O)C=Cc1ccc(NC(=O)CSc2nnnn2C(C)C)cc1. The maximum absolute atomic E-state index is 12.1. The smallest absolute Gasteiger partial charge is 0.330 e. The van der Waals surface area contributed by atoms with E-state index in [0.717, 1.165) is 5.56 Å². The lowest BCUT2D eigenvalue weighted by Gasteiger charge is -2.08. The number of benzene rings is 1. The highest BCUT2D eigenvalue weighted by molar-refractivity contribution is 7.99. The molecule has 0 saturated carbocycles. The molecule has 8 nitrogen and oxygen atoms in total. The number of thioether (sulfide) groups is 1. The van der Waals surface area contributed by atoms with Gasteiger partial charge in [0.15, 0.2) is 0 Å². The summed E-state index contributed by atoms with van der Waals surface area (Å²) < 4.78 is 6.49. The Labute approximate surface area is 156 Å². The van der Waals surface area contributed by atoms with Gasteiger partial charge in [0.25, 0.3) is 0 Å². The summed E-state index contributed by atoms with van der Waals surface area (Å²) in [5.74, 6) is -0.328. The van der Waals surface area contributed by atoms with Crippen LogP contribution in [0.4, 0.5) is 5.69 Å². The molecule has 0 fully saturated rings. The van der Waals surface area contributed by atoms with Gasteiger partial charge in [0, 0.05) is 11.8 Å². The third kappa shape index (κ3) is 5.99. The minimum Gasteiger partial charge on any atom is -0.463 e. The van der Waals surface area contributed by atoms with Crippen LogP contribution in [0.2, 0.25) is 0 Å². The number of carbonyl (C=O) groups is 2. The Morgan fingerprint density at radius 2 is 2.04 bits per heavy atom. The van der Waals surface area contributed by atoms with Gasteiger partial charge in [-0.1, -0.05) is 23.9 Å². The molecule has 9 heteroatoms. The fourth-order valence-corrected chi connectivity index (χ4v) is 2.77. The molecule has 2 rings (SSSR count). The van der Waals surface area contributed by atoms with Crippen LogP contribution in [0, 0.1) is 0 Å². The molecule has 0 atom stereocenters. The van der Waals surface area contributed by atoms with E-state index in [1.807, 2.05) is 13.8 Å². The molecule has 0 aliphatic heterocycles. The molecule has 1 amide bonds. The molecule has 0 saturated heterocycles. The predicted molar refractivity (Wildman–Crippen MR) is 99.7 cm³/mol. The van der Waals surface area contributed by atoms with Crippen molar-refractivity contribution in [2.45, 2.75) is 32.0 Å². The summed E-state index contributed by atoms with van der Waals surface area (Å²) in [6.45, 7) is 6.04. The summed E-state index contributed by atoms with van der Waals surface area (Å²) in [5.41, 5.74) is 1.51. The quantitative estimate of drug-likeness (QED) is 0.430. The van der Waals surface area contributed by atoms with Gasteiger partial charge in [0.05, 0.1) is 18.4 Å². The Morgan fingerprint density at radius 1 is 1.31 bits per heavy atom. The Bertz CT molecular complexity index is 771. The van der Waals surface area contributed by atoms with Gasteiger partial charge in [-0.3, -0.25) is 4.79 Å². The van der Waals surface area contributed by atoms with Gasteiger partial charge in [0.2, 0.25) is 11.1 Å². The van der Waals surface area contributed by atoms with E-state index in [2.05, 4.69) is 20.8 Å². The highest BCUT2D eigenvalue weighted by Gasteiger charge is 2.12. The number of amides is 1. The van der Waals surface area contributed by atoms with Crippen molar-refractivity contribution in [2.75, 3.05) is 17.7 Å². The number of esters is 1. The zero-order valence-corrected chi connectivity index (χ0v) is 15.7. The molecule has 1 aromatic heterocycles. The second-order valence-electron chi connectivity index (χ2n) is 5.54. The highest BCUT2D eigenvalue weighted by Crippen LogP contribution is 2.18. The van der Waals surface area contributed by atoms with E-state index in [4.69, 9.17) is 4.74 Å². The molecular weight excluding hydrogens is 354 g/mol. The van der Waals surface area contributed by atoms with E-state index in [0.29, 0.717) is 17.5 Å². The number of ether oxygens (including phenoxy) is 1. The summed E-state index contributed by atoms with van der Waals surface area (Å²) in [4.78, 5) is 23.4. The third-order valence-corrected chi connectivity index (χ3v) is 4.11. The van der Waals surface area contributed by atoms with Crippen LogP contribution in [-0.2, 0) is 14.3 Å². The van der Waals surface area contributed by atoms with E-state index in [1.165, 1.54) is 17.8 Å². The minimum absolute atomic E-state index is 0.130. The molecule has 138 valence electrons. The molecule has 0 aliphatic carbocycles. The number of nitrogens with zero attached hydrogens (tertiary/aromatic N) is 4. The van der Waals surface area contributed by atoms with Crippen molar-refractivity contribution < 1.29 is 14.3 Å². The third-order valence-electron chi connectivity index (χ3n) is 3.18. The summed E-state index contributed by atoms with van der Waals surface area (Å²) in [6, 6.07) is 7.28. The van der Waals surface area contributed by atoms with Crippen molar-refractivity contribution in [2.24, 2.45) is 0 Å². The number of nitrogens with one attached hydrogen (secondary N) is 1. The Hall–Kier alpha value is -2.68. The first kappa shape index (κ1) is 19.6. The Kier molecular flexibility index (Phi) is 7.34. The standard InChI is InChI=1S/C17H21N5O3S/c1-4-25-16(24)10-7-13-5-8-14(9-6-13)18-15(23)11-26-17-19-20-21-22(17)12(2)3/h5-10,12H,4,11H2,1-3H3,(H,18,23). The summed E-state index contributed by atoms with van der Waals surface area (Å²) in [6.07, 6.45) is 3.03. The lowest BCUT2D eigenvalue weighted by atomic mass is 10.2. The normalized spacial score (nSPS) is 11.1. The molecule has 1 aromatic carbocycles. The molecule has 0 radical (unpaired) electrons. The van der Waals surface area contributed by atoms with Crippen molar-refractivity contribution in [1.82, 2.24) is 20.2 Å². The van der Waals surface area contributed by atoms with Crippen LogP contribution >= 0.6 is 11.8 Å². The number of aromatic nitrogens is 4. The second-order valence-corrected chi connectivity index (χ2v) is 6.49. The van der Waals surface area contributed by atoms with E-state index < -0.39 is 0 Å². The van der Waals surface area contributed by atoms with E-state index in [-0.39, 0.29) is 23.7 Å². The average Bonchev–Trinajstić information content (AvgIpc) is 3.08.